The highest BCUT2D eigenvalue weighted by Crippen LogP contribution is 2.36. The predicted octanol–water partition coefficient (Wildman–Crippen LogP) is 3.50. The van der Waals surface area contributed by atoms with Gasteiger partial charge < -0.3 is 14.5 Å². The summed E-state index contributed by atoms with van der Waals surface area (Å²) in [7, 11) is 0. The van der Waals surface area contributed by atoms with Crippen LogP contribution in [0.5, 0.6) is 0 Å². The van der Waals surface area contributed by atoms with Crippen LogP contribution in [0.2, 0.25) is 0 Å². The van der Waals surface area contributed by atoms with E-state index in [1.165, 1.54) is 69.7 Å². The van der Waals surface area contributed by atoms with Gasteiger partial charge in [-0.1, -0.05) is 38.1 Å². The molecule has 2 aliphatic heterocycles. The first-order chi connectivity index (χ1) is 11.3. The summed E-state index contributed by atoms with van der Waals surface area (Å²) in [5.41, 5.74) is 2.94. The topological polar surface area (TPSA) is 15.7 Å². The van der Waals surface area contributed by atoms with E-state index in [9.17, 15) is 0 Å². The summed E-state index contributed by atoms with van der Waals surface area (Å²) < 4.78 is 6.11. The van der Waals surface area contributed by atoms with Gasteiger partial charge in [0.2, 0.25) is 0 Å². The van der Waals surface area contributed by atoms with Crippen molar-refractivity contribution in [3.63, 3.8) is 0 Å². The lowest BCUT2D eigenvalue weighted by molar-refractivity contribution is -0.0313. The number of likely N-dealkylation sites (tertiary alicyclic amines) is 1. The quantitative estimate of drug-likeness (QED) is 0.716. The minimum atomic E-state index is 0.442. The zero-order valence-corrected chi connectivity index (χ0v) is 14.8. The average molecular weight is 316 g/mol. The maximum atomic E-state index is 6.11. The van der Waals surface area contributed by atoms with Crippen LogP contribution < -0.4 is 0 Å². The number of piperidine rings is 1. The summed E-state index contributed by atoms with van der Waals surface area (Å²) in [4.78, 5) is 5.19. The third-order valence-electron chi connectivity index (χ3n) is 5.63. The second-order valence-electron chi connectivity index (χ2n) is 6.98. The van der Waals surface area contributed by atoms with Gasteiger partial charge in [0.1, 0.15) is 0 Å². The molecule has 1 saturated heterocycles. The molecule has 1 fully saturated rings. The van der Waals surface area contributed by atoms with Crippen molar-refractivity contribution < 1.29 is 4.74 Å². The molecule has 0 aliphatic carbocycles. The smallest absolute Gasteiger partial charge is 0.0723 e. The zero-order valence-electron chi connectivity index (χ0n) is 14.8. The van der Waals surface area contributed by atoms with E-state index < -0.39 is 0 Å². The molecule has 0 aromatic heterocycles. The molecule has 1 aromatic rings. The third kappa shape index (κ3) is 4.14. The normalized spacial score (nSPS) is 24.5. The number of rotatable bonds is 7. The SMILES string of the molecule is CCN(CC)CCCCN1CC[C@@H]2OCc3ccccc3[C@H]2C1. The maximum absolute atomic E-state index is 6.11. The van der Waals surface area contributed by atoms with Crippen molar-refractivity contribution in [1.29, 1.82) is 0 Å². The number of unbranched alkanes of at least 4 members (excludes halogenated alkanes) is 1. The van der Waals surface area contributed by atoms with Crippen LogP contribution in [0.25, 0.3) is 0 Å². The molecule has 3 nitrogen and oxygen atoms in total. The molecule has 1 aromatic carbocycles. The van der Waals surface area contributed by atoms with Crippen molar-refractivity contribution in [3.8, 4) is 0 Å². The number of ether oxygens (including phenoxy) is 1. The molecule has 2 heterocycles. The van der Waals surface area contributed by atoms with Gasteiger partial charge in [0.15, 0.2) is 0 Å². The summed E-state index contributed by atoms with van der Waals surface area (Å²) in [6.07, 6.45) is 4.27. The Labute approximate surface area is 141 Å². The molecule has 128 valence electrons. The molecule has 0 amide bonds. The van der Waals surface area contributed by atoms with Crippen molar-refractivity contribution >= 4 is 0 Å². The zero-order chi connectivity index (χ0) is 16.1. The van der Waals surface area contributed by atoms with Gasteiger partial charge in [-0.25, -0.2) is 0 Å². The number of nitrogens with zero attached hydrogens (tertiary/aromatic N) is 2. The van der Waals surface area contributed by atoms with Crippen LogP contribution in [0.1, 0.15) is 50.2 Å². The molecule has 2 atom stereocenters. The lowest BCUT2D eigenvalue weighted by atomic mass is 9.83. The van der Waals surface area contributed by atoms with E-state index in [1.807, 2.05) is 0 Å². The first-order valence-corrected chi connectivity index (χ1v) is 9.46. The van der Waals surface area contributed by atoms with Crippen LogP contribution in [0.3, 0.4) is 0 Å². The highest BCUT2D eigenvalue weighted by atomic mass is 16.5. The van der Waals surface area contributed by atoms with Gasteiger partial charge >= 0.3 is 0 Å². The van der Waals surface area contributed by atoms with Crippen molar-refractivity contribution in [2.45, 2.75) is 51.7 Å². The number of benzene rings is 1. The van der Waals surface area contributed by atoms with Crippen LogP contribution in [-0.4, -0.2) is 55.2 Å². The largest absolute Gasteiger partial charge is 0.373 e. The summed E-state index contributed by atoms with van der Waals surface area (Å²) in [6.45, 7) is 12.5. The van der Waals surface area contributed by atoms with Gasteiger partial charge in [-0.3, -0.25) is 0 Å². The Morgan fingerprint density at radius 2 is 2.00 bits per heavy atom. The molecule has 23 heavy (non-hydrogen) atoms. The Hall–Kier alpha value is -0.900. The Morgan fingerprint density at radius 1 is 1.17 bits per heavy atom. The fourth-order valence-electron chi connectivity index (χ4n) is 4.13. The molecule has 0 spiro atoms. The second kappa shape index (κ2) is 8.27. The van der Waals surface area contributed by atoms with Crippen LogP contribution >= 0.6 is 0 Å². The van der Waals surface area contributed by atoms with E-state index in [1.54, 1.807) is 0 Å². The van der Waals surface area contributed by atoms with E-state index >= 15 is 0 Å². The summed E-state index contributed by atoms with van der Waals surface area (Å²) >= 11 is 0. The Kier molecular flexibility index (Phi) is 6.09. The third-order valence-corrected chi connectivity index (χ3v) is 5.63. The van der Waals surface area contributed by atoms with Crippen molar-refractivity contribution in [2.24, 2.45) is 0 Å². The standard InChI is InChI=1S/C20H32N2O/c1-3-21(4-2)12-7-8-13-22-14-11-20-19(15-22)18-10-6-5-9-17(18)16-23-20/h5-6,9-10,19-20H,3-4,7-8,11-16H2,1-2H3/t19-,20+/m1/s1. The van der Waals surface area contributed by atoms with Gasteiger partial charge in [-0.2, -0.15) is 0 Å². The molecule has 0 bridgehead atoms. The van der Waals surface area contributed by atoms with Crippen LogP contribution in [-0.2, 0) is 11.3 Å². The lowest BCUT2D eigenvalue weighted by Gasteiger charge is -2.42. The molecule has 3 heteroatoms. The first-order valence-electron chi connectivity index (χ1n) is 9.46. The summed E-state index contributed by atoms with van der Waals surface area (Å²) in [5, 5.41) is 0. The van der Waals surface area contributed by atoms with E-state index in [0.717, 1.165) is 6.61 Å². The molecular formula is C20H32N2O. The Morgan fingerprint density at radius 3 is 2.83 bits per heavy atom. The Balaban J connectivity index is 1.49. The van der Waals surface area contributed by atoms with Gasteiger partial charge in [-0.15, -0.1) is 0 Å². The molecule has 0 N–H and O–H groups in total. The van der Waals surface area contributed by atoms with Gasteiger partial charge in [-0.05, 0) is 56.6 Å². The lowest BCUT2D eigenvalue weighted by Crippen LogP contribution is -2.45. The van der Waals surface area contributed by atoms with E-state index in [0.29, 0.717) is 12.0 Å². The predicted molar refractivity (Wildman–Crippen MR) is 95.8 cm³/mol. The minimum absolute atomic E-state index is 0.442. The Bertz CT molecular complexity index is 486. The summed E-state index contributed by atoms with van der Waals surface area (Å²) in [6, 6.07) is 8.87. The number of fused-ring (bicyclic) bond motifs is 3. The molecular weight excluding hydrogens is 284 g/mol. The number of hydrogen-bond donors (Lipinski definition) is 0. The molecule has 3 rings (SSSR count). The maximum Gasteiger partial charge on any atom is 0.0723 e. The van der Waals surface area contributed by atoms with Crippen molar-refractivity contribution in [1.82, 2.24) is 9.80 Å². The van der Waals surface area contributed by atoms with E-state index in [2.05, 4.69) is 47.9 Å². The van der Waals surface area contributed by atoms with Crippen molar-refractivity contribution in [2.75, 3.05) is 39.3 Å². The first kappa shape index (κ1) is 16.9. The molecule has 0 unspecified atom stereocenters. The fraction of sp³-hybridized carbons (Fsp3) is 0.700. The van der Waals surface area contributed by atoms with Crippen molar-refractivity contribution in [3.05, 3.63) is 35.4 Å². The highest BCUT2D eigenvalue weighted by molar-refractivity contribution is 5.33. The second-order valence-corrected chi connectivity index (χ2v) is 6.98. The average Bonchev–Trinajstić information content (AvgIpc) is 2.61. The molecule has 0 radical (unpaired) electrons. The minimum Gasteiger partial charge on any atom is -0.373 e. The summed E-state index contributed by atoms with van der Waals surface area (Å²) in [5.74, 6) is 0.580. The van der Waals surface area contributed by atoms with Gasteiger partial charge in [0.25, 0.3) is 0 Å². The molecule has 0 saturated carbocycles. The number of hydrogen-bond acceptors (Lipinski definition) is 3. The highest BCUT2D eigenvalue weighted by Gasteiger charge is 2.34. The van der Waals surface area contributed by atoms with Crippen LogP contribution in [0, 0.1) is 0 Å². The monoisotopic (exact) mass is 316 g/mol. The molecule has 2 aliphatic rings. The van der Waals surface area contributed by atoms with Crippen LogP contribution in [0.15, 0.2) is 24.3 Å². The van der Waals surface area contributed by atoms with Gasteiger partial charge in [0.05, 0.1) is 12.7 Å². The van der Waals surface area contributed by atoms with E-state index in [-0.39, 0.29) is 0 Å². The van der Waals surface area contributed by atoms with Gasteiger partial charge in [0, 0.05) is 19.0 Å². The fourth-order valence-corrected chi connectivity index (χ4v) is 4.13. The van der Waals surface area contributed by atoms with Crippen LogP contribution in [0.4, 0.5) is 0 Å². The van der Waals surface area contributed by atoms with E-state index in [4.69, 9.17) is 4.74 Å².